The first kappa shape index (κ1) is 14.2. The Morgan fingerprint density at radius 3 is 2.95 bits per heavy atom. The SMILES string of the molecule is O=c1[nH]c(=O)n(CCNCCc2ccsc2)cc1Br. The first-order valence-corrected chi connectivity index (χ1v) is 7.61. The fraction of sp³-hybridized carbons (Fsp3) is 0.333. The van der Waals surface area contributed by atoms with E-state index in [1.807, 2.05) is 0 Å². The minimum atomic E-state index is -0.397. The van der Waals surface area contributed by atoms with Crippen molar-refractivity contribution >= 4 is 27.3 Å². The van der Waals surface area contributed by atoms with Gasteiger partial charge in [-0.15, -0.1) is 0 Å². The number of hydrogen-bond acceptors (Lipinski definition) is 4. The van der Waals surface area contributed by atoms with Gasteiger partial charge < -0.3 is 5.32 Å². The molecule has 102 valence electrons. The van der Waals surface area contributed by atoms with Crippen LogP contribution in [0.15, 0.2) is 37.1 Å². The van der Waals surface area contributed by atoms with Gasteiger partial charge in [0.25, 0.3) is 5.56 Å². The van der Waals surface area contributed by atoms with Crippen molar-refractivity contribution in [3.8, 4) is 0 Å². The van der Waals surface area contributed by atoms with Gasteiger partial charge in [0.2, 0.25) is 0 Å². The molecule has 19 heavy (non-hydrogen) atoms. The van der Waals surface area contributed by atoms with Gasteiger partial charge in [0.15, 0.2) is 0 Å². The summed E-state index contributed by atoms with van der Waals surface area (Å²) in [7, 11) is 0. The third-order valence-electron chi connectivity index (χ3n) is 2.67. The molecule has 0 aliphatic heterocycles. The summed E-state index contributed by atoms with van der Waals surface area (Å²) in [5, 5.41) is 7.46. The molecule has 2 N–H and O–H groups in total. The van der Waals surface area contributed by atoms with Crippen LogP contribution >= 0.6 is 27.3 Å². The molecule has 0 atom stereocenters. The first-order valence-electron chi connectivity index (χ1n) is 5.88. The van der Waals surface area contributed by atoms with Crippen LogP contribution in [0.2, 0.25) is 0 Å². The van der Waals surface area contributed by atoms with Gasteiger partial charge in [-0.2, -0.15) is 11.3 Å². The number of H-pyrrole nitrogens is 1. The van der Waals surface area contributed by atoms with Gasteiger partial charge in [-0.1, -0.05) is 0 Å². The maximum absolute atomic E-state index is 11.5. The maximum Gasteiger partial charge on any atom is 0.328 e. The number of halogens is 1. The molecule has 7 heteroatoms. The van der Waals surface area contributed by atoms with E-state index in [4.69, 9.17) is 0 Å². The van der Waals surface area contributed by atoms with Gasteiger partial charge in [0, 0.05) is 19.3 Å². The summed E-state index contributed by atoms with van der Waals surface area (Å²) in [6, 6.07) is 2.11. The Hall–Kier alpha value is -1.18. The molecule has 0 fully saturated rings. The Balaban J connectivity index is 1.78. The van der Waals surface area contributed by atoms with E-state index < -0.39 is 5.56 Å². The van der Waals surface area contributed by atoms with E-state index in [1.54, 1.807) is 11.3 Å². The predicted molar refractivity (Wildman–Crippen MR) is 79.9 cm³/mol. The zero-order chi connectivity index (χ0) is 13.7. The van der Waals surface area contributed by atoms with Crippen LogP contribution in [0, 0.1) is 0 Å². The van der Waals surface area contributed by atoms with Crippen LogP contribution in [0.1, 0.15) is 5.56 Å². The highest BCUT2D eigenvalue weighted by Gasteiger charge is 2.01. The second-order valence-corrected chi connectivity index (χ2v) is 5.70. The van der Waals surface area contributed by atoms with Crippen LogP contribution in [0.25, 0.3) is 0 Å². The number of aromatic amines is 1. The van der Waals surface area contributed by atoms with Crippen molar-refractivity contribution in [2.45, 2.75) is 13.0 Å². The van der Waals surface area contributed by atoms with E-state index in [0.29, 0.717) is 17.6 Å². The van der Waals surface area contributed by atoms with Crippen molar-refractivity contribution in [2.24, 2.45) is 0 Å². The summed E-state index contributed by atoms with van der Waals surface area (Å²) in [5.74, 6) is 0. The third kappa shape index (κ3) is 4.15. The first-order chi connectivity index (χ1) is 9.16. The summed E-state index contributed by atoms with van der Waals surface area (Å²) in [6.07, 6.45) is 2.50. The van der Waals surface area contributed by atoms with Crippen LogP contribution in [-0.2, 0) is 13.0 Å². The Bertz CT molecular complexity index is 633. The molecule has 5 nitrogen and oxygen atoms in total. The molecule has 0 aliphatic carbocycles. The van der Waals surface area contributed by atoms with Crippen molar-refractivity contribution in [1.29, 1.82) is 0 Å². The number of nitrogens with one attached hydrogen (secondary N) is 2. The fourth-order valence-corrected chi connectivity index (χ4v) is 2.69. The second kappa shape index (κ2) is 6.83. The Morgan fingerprint density at radius 2 is 2.21 bits per heavy atom. The van der Waals surface area contributed by atoms with Crippen molar-refractivity contribution < 1.29 is 0 Å². The Labute approximate surface area is 122 Å². The van der Waals surface area contributed by atoms with Gasteiger partial charge in [-0.3, -0.25) is 14.3 Å². The summed E-state index contributed by atoms with van der Waals surface area (Å²) in [4.78, 5) is 24.9. The van der Waals surface area contributed by atoms with Crippen molar-refractivity contribution in [2.75, 3.05) is 13.1 Å². The molecule has 2 heterocycles. The number of aromatic nitrogens is 2. The lowest BCUT2D eigenvalue weighted by Gasteiger charge is -2.06. The summed E-state index contributed by atoms with van der Waals surface area (Å²) >= 11 is 4.80. The van der Waals surface area contributed by atoms with Gasteiger partial charge in [0.1, 0.15) is 0 Å². The highest BCUT2D eigenvalue weighted by Crippen LogP contribution is 2.05. The molecule has 2 aromatic heterocycles. The number of thiophene rings is 1. The minimum absolute atomic E-state index is 0.366. The van der Waals surface area contributed by atoms with E-state index in [-0.39, 0.29) is 5.69 Å². The molecule has 0 amide bonds. The summed E-state index contributed by atoms with van der Waals surface area (Å²) in [6.45, 7) is 2.08. The predicted octanol–water partition coefficient (Wildman–Crippen LogP) is 1.19. The van der Waals surface area contributed by atoms with Crippen molar-refractivity contribution in [1.82, 2.24) is 14.9 Å². The van der Waals surface area contributed by atoms with E-state index in [2.05, 4.69) is 43.1 Å². The number of hydrogen-bond donors (Lipinski definition) is 2. The smallest absolute Gasteiger partial charge is 0.315 e. The molecule has 0 aliphatic rings. The molecular weight excluding hydrogens is 330 g/mol. The lowest BCUT2D eigenvalue weighted by molar-refractivity contribution is 0.574. The summed E-state index contributed by atoms with van der Waals surface area (Å²) < 4.78 is 1.84. The zero-order valence-electron chi connectivity index (χ0n) is 10.2. The highest BCUT2D eigenvalue weighted by molar-refractivity contribution is 9.10. The standard InChI is InChI=1S/C12H14BrN3O2S/c13-10-7-16(12(18)15-11(10)17)5-4-14-3-1-9-2-6-19-8-9/h2,6-8,14H,1,3-5H2,(H,15,17,18). The average molecular weight is 344 g/mol. The molecule has 0 saturated heterocycles. The summed E-state index contributed by atoms with van der Waals surface area (Å²) in [5.41, 5.74) is 0.543. The number of nitrogens with zero attached hydrogens (tertiary/aromatic N) is 1. The molecule has 2 aromatic rings. The zero-order valence-corrected chi connectivity index (χ0v) is 12.6. The second-order valence-electron chi connectivity index (χ2n) is 4.06. The van der Waals surface area contributed by atoms with Crippen LogP contribution in [0.4, 0.5) is 0 Å². The molecule has 0 spiro atoms. The van der Waals surface area contributed by atoms with E-state index >= 15 is 0 Å². The van der Waals surface area contributed by atoms with Crippen LogP contribution < -0.4 is 16.6 Å². The van der Waals surface area contributed by atoms with Gasteiger partial charge in [-0.25, -0.2) is 4.79 Å². The van der Waals surface area contributed by atoms with Gasteiger partial charge >= 0.3 is 5.69 Å². The fourth-order valence-electron chi connectivity index (χ4n) is 1.64. The van der Waals surface area contributed by atoms with Crippen molar-refractivity contribution in [3.63, 3.8) is 0 Å². The molecule has 0 aromatic carbocycles. The third-order valence-corrected chi connectivity index (χ3v) is 3.96. The molecule has 0 unspecified atom stereocenters. The van der Waals surface area contributed by atoms with Crippen molar-refractivity contribution in [3.05, 3.63) is 53.9 Å². The lowest BCUT2D eigenvalue weighted by atomic mass is 10.2. The Morgan fingerprint density at radius 1 is 1.37 bits per heavy atom. The van der Waals surface area contributed by atoms with E-state index in [0.717, 1.165) is 13.0 Å². The van der Waals surface area contributed by atoms with E-state index in [1.165, 1.54) is 16.3 Å². The van der Waals surface area contributed by atoms with Crippen LogP contribution in [0.3, 0.4) is 0 Å². The minimum Gasteiger partial charge on any atom is -0.315 e. The van der Waals surface area contributed by atoms with Crippen LogP contribution in [-0.4, -0.2) is 22.6 Å². The van der Waals surface area contributed by atoms with Gasteiger partial charge in [-0.05, 0) is 51.3 Å². The monoisotopic (exact) mass is 343 g/mol. The molecule has 0 saturated carbocycles. The number of rotatable bonds is 6. The van der Waals surface area contributed by atoms with Gasteiger partial charge in [0.05, 0.1) is 4.47 Å². The molecule has 2 rings (SSSR count). The quantitative estimate of drug-likeness (QED) is 0.774. The van der Waals surface area contributed by atoms with E-state index in [9.17, 15) is 9.59 Å². The highest BCUT2D eigenvalue weighted by atomic mass is 79.9. The average Bonchev–Trinajstić information content (AvgIpc) is 2.88. The topological polar surface area (TPSA) is 66.9 Å². The molecule has 0 radical (unpaired) electrons. The van der Waals surface area contributed by atoms with Crippen LogP contribution in [0.5, 0.6) is 0 Å². The molecular formula is C12H14BrN3O2S. The lowest BCUT2D eigenvalue weighted by Crippen LogP contribution is -2.33. The largest absolute Gasteiger partial charge is 0.328 e. The Kier molecular flexibility index (Phi) is 5.12. The molecule has 0 bridgehead atoms. The normalized spacial score (nSPS) is 10.8. The maximum atomic E-state index is 11.5.